The number of nitrogens with one attached hydrogen (secondary N) is 1. The Balaban J connectivity index is 1.79. The molecule has 1 heterocycles. The first kappa shape index (κ1) is 20.0. The number of hydrogen-bond donors (Lipinski definition) is 1. The van der Waals surface area contributed by atoms with E-state index in [9.17, 15) is 4.79 Å². The van der Waals surface area contributed by atoms with Crippen molar-refractivity contribution in [1.82, 2.24) is 20.2 Å². The van der Waals surface area contributed by atoms with Crippen LogP contribution in [0.4, 0.5) is 0 Å². The average molecular weight is 377 g/mol. The van der Waals surface area contributed by atoms with E-state index < -0.39 is 0 Å². The van der Waals surface area contributed by atoms with Crippen molar-refractivity contribution in [2.45, 2.75) is 33.7 Å². The molecule has 0 saturated heterocycles. The molecule has 5 heteroatoms. The van der Waals surface area contributed by atoms with Crippen molar-refractivity contribution in [3.8, 4) is 0 Å². The zero-order valence-electron chi connectivity index (χ0n) is 17.1. The Labute approximate surface area is 166 Å². The Morgan fingerprint density at radius 3 is 2.25 bits per heavy atom. The number of carbonyl (C=O) groups excluding carboxylic acids is 1. The lowest BCUT2D eigenvalue weighted by Gasteiger charge is -2.30. The Morgan fingerprint density at radius 2 is 1.61 bits per heavy atom. The van der Waals surface area contributed by atoms with Crippen LogP contribution >= 0.6 is 0 Å². The summed E-state index contributed by atoms with van der Waals surface area (Å²) in [5.74, 6) is -0.0879. The van der Waals surface area contributed by atoms with Gasteiger partial charge in [0.25, 0.3) is 5.91 Å². The molecule has 28 heavy (non-hydrogen) atoms. The molecule has 1 atom stereocenters. The summed E-state index contributed by atoms with van der Waals surface area (Å²) >= 11 is 0. The largest absolute Gasteiger partial charge is 0.350 e. The van der Waals surface area contributed by atoms with Gasteiger partial charge in [-0.3, -0.25) is 9.69 Å². The Bertz CT molecular complexity index is 951. The second-order valence-corrected chi connectivity index (χ2v) is 6.96. The molecule has 0 saturated carbocycles. The molecule has 0 spiro atoms. The monoisotopic (exact) mass is 376 g/mol. The Hall–Kier alpha value is -2.79. The number of nitrogens with zero attached hydrogens (tertiary/aromatic N) is 3. The molecule has 146 valence electrons. The third-order valence-corrected chi connectivity index (χ3v) is 5.23. The third kappa shape index (κ3) is 4.37. The number of carbonyl (C=O) groups is 1. The lowest BCUT2D eigenvalue weighted by molar-refractivity contribution is 0.0935. The van der Waals surface area contributed by atoms with Crippen LogP contribution in [-0.4, -0.2) is 40.4 Å². The van der Waals surface area contributed by atoms with Crippen LogP contribution in [0, 0.1) is 13.8 Å². The van der Waals surface area contributed by atoms with Gasteiger partial charge in [-0.05, 0) is 50.7 Å². The second-order valence-electron chi connectivity index (χ2n) is 6.96. The van der Waals surface area contributed by atoms with Gasteiger partial charge in [-0.25, -0.2) is 9.97 Å². The summed E-state index contributed by atoms with van der Waals surface area (Å²) < 4.78 is 0. The van der Waals surface area contributed by atoms with Gasteiger partial charge < -0.3 is 5.32 Å². The zero-order valence-corrected chi connectivity index (χ0v) is 17.1. The molecular formula is C23H28N4O. The van der Waals surface area contributed by atoms with E-state index in [2.05, 4.69) is 46.2 Å². The van der Waals surface area contributed by atoms with E-state index in [-0.39, 0.29) is 11.9 Å². The highest BCUT2D eigenvalue weighted by Crippen LogP contribution is 2.20. The number of likely N-dealkylation sites (N-methyl/N-ethyl adjacent to an activating group) is 1. The molecule has 3 aromatic rings. The highest BCUT2D eigenvalue weighted by atomic mass is 16.1. The molecule has 5 nitrogen and oxygen atoms in total. The van der Waals surface area contributed by atoms with E-state index in [0.29, 0.717) is 12.1 Å². The second kappa shape index (κ2) is 8.93. The van der Waals surface area contributed by atoms with Crippen molar-refractivity contribution < 1.29 is 4.79 Å². The molecule has 1 amide bonds. The molecule has 0 bridgehead atoms. The first-order valence-corrected chi connectivity index (χ1v) is 9.85. The number of fused-ring (bicyclic) bond motifs is 1. The first-order valence-electron chi connectivity index (χ1n) is 9.85. The highest BCUT2D eigenvalue weighted by molar-refractivity contribution is 5.97. The summed E-state index contributed by atoms with van der Waals surface area (Å²) in [6.45, 7) is 10.6. The molecule has 1 unspecified atom stereocenters. The summed E-state index contributed by atoms with van der Waals surface area (Å²) in [5.41, 5.74) is 5.17. The predicted molar refractivity (Wildman–Crippen MR) is 113 cm³/mol. The molecule has 3 rings (SSSR count). The highest BCUT2D eigenvalue weighted by Gasteiger charge is 2.19. The van der Waals surface area contributed by atoms with Gasteiger partial charge in [0.2, 0.25) is 0 Å². The molecule has 0 aliphatic rings. The number of amides is 1. The van der Waals surface area contributed by atoms with Gasteiger partial charge >= 0.3 is 0 Å². The number of rotatable bonds is 7. The van der Waals surface area contributed by atoms with Gasteiger partial charge in [-0.1, -0.05) is 44.2 Å². The van der Waals surface area contributed by atoms with E-state index in [1.54, 1.807) is 0 Å². The number of aromatic nitrogens is 2. The molecular weight excluding hydrogens is 348 g/mol. The maximum Gasteiger partial charge on any atom is 0.251 e. The summed E-state index contributed by atoms with van der Waals surface area (Å²) in [7, 11) is 0. The summed E-state index contributed by atoms with van der Waals surface area (Å²) in [6, 6.07) is 16.0. The fourth-order valence-electron chi connectivity index (χ4n) is 3.46. The Kier molecular flexibility index (Phi) is 6.37. The molecule has 1 aromatic heterocycles. The van der Waals surface area contributed by atoms with E-state index in [4.69, 9.17) is 0 Å². The molecule has 2 aromatic carbocycles. The van der Waals surface area contributed by atoms with Gasteiger partial charge in [0, 0.05) is 12.1 Å². The zero-order chi connectivity index (χ0) is 20.1. The van der Waals surface area contributed by atoms with Gasteiger partial charge in [-0.2, -0.15) is 0 Å². The smallest absolute Gasteiger partial charge is 0.251 e. The van der Waals surface area contributed by atoms with Gasteiger partial charge in [-0.15, -0.1) is 0 Å². The molecule has 0 fully saturated rings. The fourth-order valence-corrected chi connectivity index (χ4v) is 3.46. The van der Waals surface area contributed by atoms with Crippen LogP contribution < -0.4 is 5.32 Å². The SMILES string of the molecule is CCN(CC)C(CNC(=O)c1ccc2nc(C)c(C)nc2c1)c1ccccc1. The third-order valence-electron chi connectivity index (χ3n) is 5.23. The normalized spacial score (nSPS) is 12.3. The van der Waals surface area contributed by atoms with Crippen LogP contribution in [0.3, 0.4) is 0 Å². The van der Waals surface area contributed by atoms with E-state index >= 15 is 0 Å². The average Bonchev–Trinajstić information content (AvgIpc) is 2.72. The minimum Gasteiger partial charge on any atom is -0.350 e. The first-order chi connectivity index (χ1) is 13.5. The van der Waals surface area contributed by atoms with Gasteiger partial charge in [0.1, 0.15) is 0 Å². The number of hydrogen-bond acceptors (Lipinski definition) is 4. The predicted octanol–water partition coefficient (Wildman–Crippen LogP) is 4.06. The van der Waals surface area contributed by atoms with Crippen molar-refractivity contribution in [2.24, 2.45) is 0 Å². The van der Waals surface area contributed by atoms with Crippen molar-refractivity contribution in [3.05, 3.63) is 71.0 Å². The molecule has 1 N–H and O–H groups in total. The molecule has 0 radical (unpaired) electrons. The minimum absolute atomic E-state index is 0.0879. The summed E-state index contributed by atoms with van der Waals surface area (Å²) in [5, 5.41) is 3.11. The standard InChI is InChI=1S/C23H28N4O/c1-5-27(6-2)22(18-10-8-7-9-11-18)15-24-23(28)19-12-13-20-21(14-19)26-17(4)16(3)25-20/h7-14,22H,5-6,15H2,1-4H3,(H,24,28). The van der Waals surface area contributed by atoms with E-state index in [0.717, 1.165) is 35.5 Å². The minimum atomic E-state index is -0.0879. The van der Waals surface area contributed by atoms with Crippen LogP contribution in [-0.2, 0) is 0 Å². The van der Waals surface area contributed by atoms with E-state index in [1.165, 1.54) is 5.56 Å². The van der Waals surface area contributed by atoms with Crippen LogP contribution in [0.5, 0.6) is 0 Å². The van der Waals surface area contributed by atoms with Crippen molar-refractivity contribution in [2.75, 3.05) is 19.6 Å². The number of benzene rings is 2. The van der Waals surface area contributed by atoms with Crippen molar-refractivity contribution >= 4 is 16.9 Å². The van der Waals surface area contributed by atoms with Crippen molar-refractivity contribution in [3.63, 3.8) is 0 Å². The van der Waals surface area contributed by atoms with Crippen LogP contribution in [0.2, 0.25) is 0 Å². The van der Waals surface area contributed by atoms with Gasteiger partial charge in [0.05, 0.1) is 28.5 Å². The van der Waals surface area contributed by atoms with Crippen molar-refractivity contribution in [1.29, 1.82) is 0 Å². The number of aryl methyl sites for hydroxylation is 2. The fraction of sp³-hybridized carbons (Fsp3) is 0.348. The Morgan fingerprint density at radius 1 is 0.964 bits per heavy atom. The maximum atomic E-state index is 12.8. The lowest BCUT2D eigenvalue weighted by atomic mass is 10.0. The molecule has 0 aliphatic carbocycles. The summed E-state index contributed by atoms with van der Waals surface area (Å²) in [6.07, 6.45) is 0. The summed E-state index contributed by atoms with van der Waals surface area (Å²) in [4.78, 5) is 24.3. The van der Waals surface area contributed by atoms with Crippen LogP contribution in [0.1, 0.15) is 47.2 Å². The van der Waals surface area contributed by atoms with E-state index in [1.807, 2.05) is 50.2 Å². The quantitative estimate of drug-likeness (QED) is 0.676. The lowest BCUT2D eigenvalue weighted by Crippen LogP contribution is -2.38. The van der Waals surface area contributed by atoms with Crippen LogP contribution in [0.25, 0.3) is 11.0 Å². The maximum absolute atomic E-state index is 12.8. The van der Waals surface area contributed by atoms with Gasteiger partial charge in [0.15, 0.2) is 0 Å². The van der Waals surface area contributed by atoms with Crippen LogP contribution in [0.15, 0.2) is 48.5 Å². The molecule has 0 aliphatic heterocycles. The topological polar surface area (TPSA) is 58.1 Å².